The van der Waals surface area contributed by atoms with E-state index in [0.717, 1.165) is 49.6 Å². The van der Waals surface area contributed by atoms with Crippen molar-refractivity contribution in [1.29, 1.82) is 0 Å². The average Bonchev–Trinajstić information content (AvgIpc) is 2.54. The lowest BCUT2D eigenvalue weighted by atomic mass is 10.1. The Hall–Kier alpha value is -1.75. The summed E-state index contributed by atoms with van der Waals surface area (Å²) in [6, 6.07) is 5.96. The van der Waals surface area contributed by atoms with Gasteiger partial charge in [-0.25, -0.2) is 0 Å². The number of nitrogens with zero attached hydrogens (tertiary/aromatic N) is 2. The number of anilines is 1. The second kappa shape index (κ2) is 7.49. The Kier molecular flexibility index (Phi) is 5.66. The minimum atomic E-state index is 0.1000. The van der Waals surface area contributed by atoms with Crippen molar-refractivity contribution in [2.75, 3.05) is 45.7 Å². The molecule has 1 fully saturated rings. The number of carbonyl (C=O) groups excluding carboxylic acids is 1. The van der Waals surface area contributed by atoms with Crippen LogP contribution in [0.5, 0.6) is 5.75 Å². The predicted octanol–water partition coefficient (Wildman–Crippen LogP) is 2.29. The van der Waals surface area contributed by atoms with E-state index in [1.165, 1.54) is 0 Å². The molecular formula is C17H27N3O2. The maximum absolute atomic E-state index is 12.7. The molecule has 1 aromatic carbocycles. The largest absolute Gasteiger partial charge is 0.495 e. The van der Waals surface area contributed by atoms with Gasteiger partial charge >= 0.3 is 0 Å². The van der Waals surface area contributed by atoms with Crippen LogP contribution in [0.3, 0.4) is 0 Å². The van der Waals surface area contributed by atoms with Gasteiger partial charge in [-0.15, -0.1) is 0 Å². The maximum Gasteiger partial charge on any atom is 0.254 e. The van der Waals surface area contributed by atoms with Crippen molar-refractivity contribution in [3.8, 4) is 5.75 Å². The lowest BCUT2D eigenvalue weighted by molar-refractivity contribution is 0.0664. The molecule has 0 saturated carbocycles. The van der Waals surface area contributed by atoms with Gasteiger partial charge in [-0.3, -0.25) is 4.79 Å². The van der Waals surface area contributed by atoms with Gasteiger partial charge < -0.3 is 19.9 Å². The fourth-order valence-corrected chi connectivity index (χ4v) is 2.51. The van der Waals surface area contributed by atoms with Gasteiger partial charge in [0, 0.05) is 37.8 Å². The van der Waals surface area contributed by atoms with Crippen molar-refractivity contribution in [3.05, 3.63) is 23.8 Å². The molecule has 0 spiro atoms. The van der Waals surface area contributed by atoms with Crippen LogP contribution in [0.2, 0.25) is 0 Å². The number of amides is 1. The van der Waals surface area contributed by atoms with Gasteiger partial charge in [0.15, 0.2) is 0 Å². The summed E-state index contributed by atoms with van der Waals surface area (Å²) in [7, 11) is 3.74. The number of piperazine rings is 1. The van der Waals surface area contributed by atoms with Gasteiger partial charge in [0.2, 0.25) is 0 Å². The SMILES string of the molecule is CC[C@H](C)Nc1cc(C(=O)N2CCN(C)CC2)ccc1OC. The molecule has 5 heteroatoms. The Balaban J connectivity index is 2.16. The predicted molar refractivity (Wildman–Crippen MR) is 89.8 cm³/mol. The molecule has 1 heterocycles. The van der Waals surface area contributed by atoms with E-state index in [-0.39, 0.29) is 5.91 Å². The Bertz CT molecular complexity index is 511. The lowest BCUT2D eigenvalue weighted by Gasteiger charge is -2.32. The molecule has 1 amide bonds. The zero-order valence-corrected chi connectivity index (χ0v) is 14.1. The topological polar surface area (TPSA) is 44.8 Å². The molecule has 5 nitrogen and oxygen atoms in total. The number of ether oxygens (including phenoxy) is 1. The van der Waals surface area contributed by atoms with Crippen molar-refractivity contribution in [3.63, 3.8) is 0 Å². The fraction of sp³-hybridized carbons (Fsp3) is 0.588. The number of likely N-dealkylation sites (N-methyl/N-ethyl adjacent to an activating group) is 1. The first-order chi connectivity index (χ1) is 10.5. The van der Waals surface area contributed by atoms with Crippen molar-refractivity contribution in [2.45, 2.75) is 26.3 Å². The van der Waals surface area contributed by atoms with Gasteiger partial charge in [-0.1, -0.05) is 6.92 Å². The number of rotatable bonds is 5. The number of hydrogen-bond donors (Lipinski definition) is 1. The summed E-state index contributed by atoms with van der Waals surface area (Å²) in [5.74, 6) is 0.873. The van der Waals surface area contributed by atoms with E-state index in [0.29, 0.717) is 6.04 Å². The number of benzene rings is 1. The van der Waals surface area contributed by atoms with E-state index in [1.54, 1.807) is 7.11 Å². The molecule has 0 aliphatic carbocycles. The highest BCUT2D eigenvalue weighted by Crippen LogP contribution is 2.27. The normalized spacial score (nSPS) is 17.2. The van der Waals surface area contributed by atoms with E-state index in [2.05, 4.69) is 31.1 Å². The molecule has 1 aliphatic heterocycles. The van der Waals surface area contributed by atoms with Crippen LogP contribution >= 0.6 is 0 Å². The van der Waals surface area contributed by atoms with E-state index in [9.17, 15) is 4.79 Å². The molecular weight excluding hydrogens is 278 g/mol. The molecule has 1 N–H and O–H groups in total. The van der Waals surface area contributed by atoms with Gasteiger partial charge in [0.05, 0.1) is 12.8 Å². The Labute approximate surface area is 133 Å². The van der Waals surface area contributed by atoms with Crippen LogP contribution in [-0.2, 0) is 0 Å². The Morgan fingerprint density at radius 3 is 2.59 bits per heavy atom. The smallest absolute Gasteiger partial charge is 0.254 e. The van der Waals surface area contributed by atoms with Crippen LogP contribution < -0.4 is 10.1 Å². The number of methoxy groups -OCH3 is 1. The van der Waals surface area contributed by atoms with Gasteiger partial charge in [-0.2, -0.15) is 0 Å². The summed E-state index contributed by atoms with van der Waals surface area (Å²) in [4.78, 5) is 16.8. The molecule has 1 aromatic rings. The zero-order chi connectivity index (χ0) is 16.1. The van der Waals surface area contributed by atoms with E-state index in [4.69, 9.17) is 4.74 Å². The summed E-state index contributed by atoms with van der Waals surface area (Å²) in [6.45, 7) is 7.68. The monoisotopic (exact) mass is 305 g/mol. The third-order valence-electron chi connectivity index (χ3n) is 4.25. The molecule has 0 unspecified atom stereocenters. The minimum Gasteiger partial charge on any atom is -0.495 e. The van der Waals surface area contributed by atoms with Crippen LogP contribution in [0.4, 0.5) is 5.69 Å². The van der Waals surface area contributed by atoms with Crippen LogP contribution in [0, 0.1) is 0 Å². The van der Waals surface area contributed by atoms with Gasteiger partial charge in [0.25, 0.3) is 5.91 Å². The van der Waals surface area contributed by atoms with Crippen LogP contribution in [0.15, 0.2) is 18.2 Å². The summed E-state index contributed by atoms with van der Waals surface area (Å²) in [5, 5.41) is 3.41. The molecule has 1 saturated heterocycles. The standard InChI is InChI=1S/C17H27N3O2/c1-5-13(2)18-15-12-14(6-7-16(15)22-4)17(21)20-10-8-19(3)9-11-20/h6-7,12-13,18H,5,8-11H2,1-4H3/t13-/m0/s1. The summed E-state index contributed by atoms with van der Waals surface area (Å²) in [6.07, 6.45) is 1.01. The molecule has 122 valence electrons. The highest BCUT2D eigenvalue weighted by molar-refractivity contribution is 5.95. The van der Waals surface area contributed by atoms with Crippen molar-refractivity contribution in [2.24, 2.45) is 0 Å². The Morgan fingerprint density at radius 1 is 1.32 bits per heavy atom. The molecule has 0 aromatic heterocycles. The third-order valence-corrected chi connectivity index (χ3v) is 4.25. The Morgan fingerprint density at radius 2 is 2.00 bits per heavy atom. The number of carbonyl (C=O) groups is 1. The second-order valence-corrected chi connectivity index (χ2v) is 5.96. The van der Waals surface area contributed by atoms with Crippen molar-refractivity contribution >= 4 is 11.6 Å². The van der Waals surface area contributed by atoms with Crippen molar-refractivity contribution in [1.82, 2.24) is 9.80 Å². The number of nitrogens with one attached hydrogen (secondary N) is 1. The first kappa shape index (κ1) is 16.6. The molecule has 0 bridgehead atoms. The first-order valence-electron chi connectivity index (χ1n) is 7.97. The van der Waals surface area contributed by atoms with E-state index >= 15 is 0 Å². The quantitative estimate of drug-likeness (QED) is 0.906. The molecule has 1 aliphatic rings. The van der Waals surface area contributed by atoms with Crippen LogP contribution in [0.25, 0.3) is 0 Å². The second-order valence-electron chi connectivity index (χ2n) is 5.96. The first-order valence-corrected chi connectivity index (χ1v) is 7.97. The molecule has 22 heavy (non-hydrogen) atoms. The summed E-state index contributed by atoms with van der Waals surface area (Å²) < 4.78 is 5.39. The average molecular weight is 305 g/mol. The highest BCUT2D eigenvalue weighted by atomic mass is 16.5. The van der Waals surface area contributed by atoms with E-state index < -0.39 is 0 Å². The third kappa shape index (κ3) is 3.91. The molecule has 1 atom stereocenters. The van der Waals surface area contributed by atoms with E-state index in [1.807, 2.05) is 23.1 Å². The van der Waals surface area contributed by atoms with Gasteiger partial charge in [0.1, 0.15) is 5.75 Å². The summed E-state index contributed by atoms with van der Waals surface area (Å²) >= 11 is 0. The zero-order valence-electron chi connectivity index (χ0n) is 14.1. The van der Waals surface area contributed by atoms with Crippen LogP contribution in [-0.4, -0.2) is 62.1 Å². The minimum absolute atomic E-state index is 0.1000. The highest BCUT2D eigenvalue weighted by Gasteiger charge is 2.21. The van der Waals surface area contributed by atoms with Gasteiger partial charge in [-0.05, 0) is 38.6 Å². The fourth-order valence-electron chi connectivity index (χ4n) is 2.51. The lowest BCUT2D eigenvalue weighted by Crippen LogP contribution is -2.47. The maximum atomic E-state index is 12.7. The molecule has 0 radical (unpaired) electrons. The van der Waals surface area contributed by atoms with Crippen molar-refractivity contribution < 1.29 is 9.53 Å². The summed E-state index contributed by atoms with van der Waals surface area (Å²) in [5.41, 5.74) is 1.60. The van der Waals surface area contributed by atoms with Crippen LogP contribution in [0.1, 0.15) is 30.6 Å². The number of hydrogen-bond acceptors (Lipinski definition) is 4. The molecule has 2 rings (SSSR count).